The lowest BCUT2D eigenvalue weighted by Crippen LogP contribution is -2.25. The van der Waals surface area contributed by atoms with Gasteiger partial charge in [-0.1, -0.05) is 72.8 Å². The number of fused-ring (bicyclic) bond motifs is 1. The first kappa shape index (κ1) is 21.6. The molecule has 0 aliphatic rings. The van der Waals surface area contributed by atoms with Gasteiger partial charge in [0, 0.05) is 36.9 Å². The SMILES string of the molecule is O=C(CCc1nc(-c2ccccc2)c(-c2ccccc2)o1)NCCCc1nc2ccccc2[nH]1. The standard InChI is InChI=1S/C28H26N4O2/c33-25(29-19-9-16-24-30-22-14-7-8-15-23(22)31-24)17-18-26-32-27(20-10-3-1-4-11-20)28(34-26)21-12-5-2-6-13-21/h1-8,10-15H,9,16-19H2,(H,29,33)(H,30,31). The van der Waals surface area contributed by atoms with Crippen molar-refractivity contribution in [2.45, 2.75) is 25.7 Å². The van der Waals surface area contributed by atoms with Crippen molar-refractivity contribution < 1.29 is 9.21 Å². The fraction of sp³-hybridized carbons (Fsp3) is 0.179. The molecule has 0 saturated carbocycles. The Balaban J connectivity index is 1.17. The summed E-state index contributed by atoms with van der Waals surface area (Å²) in [7, 11) is 0. The van der Waals surface area contributed by atoms with Crippen LogP contribution in [0.25, 0.3) is 33.6 Å². The quantitative estimate of drug-likeness (QED) is 0.288. The van der Waals surface area contributed by atoms with Crippen molar-refractivity contribution >= 4 is 16.9 Å². The Morgan fingerprint density at radius 1 is 0.824 bits per heavy atom. The van der Waals surface area contributed by atoms with Crippen LogP contribution in [-0.4, -0.2) is 27.4 Å². The molecule has 0 aliphatic carbocycles. The van der Waals surface area contributed by atoms with Gasteiger partial charge in [-0.25, -0.2) is 9.97 Å². The van der Waals surface area contributed by atoms with Gasteiger partial charge in [-0.2, -0.15) is 0 Å². The third kappa shape index (κ3) is 5.07. The summed E-state index contributed by atoms with van der Waals surface area (Å²) >= 11 is 0. The third-order valence-electron chi connectivity index (χ3n) is 5.67. The molecule has 0 saturated heterocycles. The Kier molecular flexibility index (Phi) is 6.47. The van der Waals surface area contributed by atoms with E-state index in [1.54, 1.807) is 0 Å². The second kappa shape index (κ2) is 10.2. The minimum Gasteiger partial charge on any atom is -0.440 e. The molecule has 5 rings (SSSR count). The first-order valence-corrected chi connectivity index (χ1v) is 11.6. The number of oxazole rings is 1. The molecule has 0 bridgehead atoms. The molecule has 2 heterocycles. The summed E-state index contributed by atoms with van der Waals surface area (Å²) < 4.78 is 6.11. The second-order valence-corrected chi connectivity index (χ2v) is 8.17. The Hall–Kier alpha value is -4.19. The van der Waals surface area contributed by atoms with Crippen molar-refractivity contribution in [1.82, 2.24) is 20.3 Å². The minimum atomic E-state index is -0.00896. The van der Waals surface area contributed by atoms with Gasteiger partial charge in [-0.05, 0) is 18.6 Å². The number of carbonyl (C=O) groups excluding carboxylic acids is 1. The Morgan fingerprint density at radius 2 is 1.53 bits per heavy atom. The van der Waals surface area contributed by atoms with Gasteiger partial charge in [0.05, 0.1) is 11.0 Å². The van der Waals surface area contributed by atoms with Crippen LogP contribution in [-0.2, 0) is 17.6 Å². The first-order valence-electron chi connectivity index (χ1n) is 11.6. The van der Waals surface area contributed by atoms with Crippen molar-refractivity contribution in [3.8, 4) is 22.6 Å². The zero-order valence-electron chi connectivity index (χ0n) is 18.8. The highest BCUT2D eigenvalue weighted by Gasteiger charge is 2.17. The predicted molar refractivity (Wildman–Crippen MR) is 133 cm³/mol. The minimum absolute atomic E-state index is 0.00896. The maximum atomic E-state index is 12.4. The van der Waals surface area contributed by atoms with Crippen molar-refractivity contribution in [1.29, 1.82) is 0 Å². The average molecular weight is 451 g/mol. The second-order valence-electron chi connectivity index (χ2n) is 8.17. The highest BCUT2D eigenvalue weighted by molar-refractivity contribution is 5.78. The molecule has 1 amide bonds. The molecular weight excluding hydrogens is 424 g/mol. The maximum absolute atomic E-state index is 12.4. The number of rotatable bonds is 9. The summed E-state index contributed by atoms with van der Waals surface area (Å²) in [5.41, 5.74) is 4.77. The molecule has 0 unspecified atom stereocenters. The molecule has 2 aromatic heterocycles. The van der Waals surface area contributed by atoms with Gasteiger partial charge in [-0.3, -0.25) is 4.79 Å². The number of hydrogen-bond donors (Lipinski definition) is 2. The zero-order chi connectivity index (χ0) is 23.2. The molecule has 0 spiro atoms. The van der Waals surface area contributed by atoms with E-state index in [1.807, 2.05) is 84.9 Å². The van der Waals surface area contributed by atoms with Gasteiger partial charge in [0.2, 0.25) is 5.91 Å². The number of para-hydroxylation sites is 2. The number of benzene rings is 3. The number of H-pyrrole nitrogens is 1. The number of amides is 1. The Labute approximate surface area is 198 Å². The molecule has 0 atom stereocenters. The van der Waals surface area contributed by atoms with Crippen LogP contribution < -0.4 is 5.32 Å². The number of nitrogens with zero attached hydrogens (tertiary/aromatic N) is 2. The summed E-state index contributed by atoms with van der Waals surface area (Å²) in [6.07, 6.45) is 2.38. The van der Waals surface area contributed by atoms with Crippen molar-refractivity contribution in [2.24, 2.45) is 0 Å². The number of imidazole rings is 1. The number of aromatic amines is 1. The van der Waals surface area contributed by atoms with Gasteiger partial charge in [0.15, 0.2) is 11.7 Å². The van der Waals surface area contributed by atoms with E-state index in [-0.39, 0.29) is 5.91 Å². The first-order chi connectivity index (χ1) is 16.8. The summed E-state index contributed by atoms with van der Waals surface area (Å²) in [6, 6.07) is 27.9. The van der Waals surface area contributed by atoms with E-state index in [9.17, 15) is 4.79 Å². The van der Waals surface area contributed by atoms with Crippen LogP contribution in [0, 0.1) is 0 Å². The van der Waals surface area contributed by atoms with Crippen LogP contribution >= 0.6 is 0 Å². The van der Waals surface area contributed by atoms with Crippen molar-refractivity contribution in [3.05, 3.63) is 96.6 Å². The largest absolute Gasteiger partial charge is 0.440 e. The highest BCUT2D eigenvalue weighted by Crippen LogP contribution is 2.32. The number of aromatic nitrogens is 3. The van der Waals surface area contributed by atoms with E-state index in [0.717, 1.165) is 52.3 Å². The molecule has 0 aliphatic heterocycles. The van der Waals surface area contributed by atoms with E-state index in [2.05, 4.69) is 15.3 Å². The molecule has 34 heavy (non-hydrogen) atoms. The summed E-state index contributed by atoms with van der Waals surface area (Å²) in [6.45, 7) is 0.603. The topological polar surface area (TPSA) is 83.8 Å². The number of nitrogens with one attached hydrogen (secondary N) is 2. The highest BCUT2D eigenvalue weighted by atomic mass is 16.4. The molecular formula is C28H26N4O2. The van der Waals surface area contributed by atoms with Crippen LogP contribution in [0.1, 0.15) is 24.6 Å². The fourth-order valence-corrected chi connectivity index (χ4v) is 3.96. The van der Waals surface area contributed by atoms with Gasteiger partial charge < -0.3 is 14.7 Å². The molecule has 6 nitrogen and oxygen atoms in total. The smallest absolute Gasteiger partial charge is 0.220 e. The lowest BCUT2D eigenvalue weighted by molar-refractivity contribution is -0.121. The number of hydrogen-bond acceptors (Lipinski definition) is 4. The van der Waals surface area contributed by atoms with Crippen molar-refractivity contribution in [2.75, 3.05) is 6.54 Å². The van der Waals surface area contributed by atoms with E-state index in [4.69, 9.17) is 9.40 Å². The van der Waals surface area contributed by atoms with Gasteiger partial charge >= 0.3 is 0 Å². The van der Waals surface area contributed by atoms with Crippen LogP contribution in [0.3, 0.4) is 0 Å². The normalized spacial score (nSPS) is 11.1. The molecule has 170 valence electrons. The fourth-order valence-electron chi connectivity index (χ4n) is 3.96. The van der Waals surface area contributed by atoms with Gasteiger partial charge in [0.25, 0.3) is 0 Å². The van der Waals surface area contributed by atoms with Crippen LogP contribution in [0.5, 0.6) is 0 Å². The molecule has 2 N–H and O–H groups in total. The summed E-state index contributed by atoms with van der Waals surface area (Å²) in [5, 5.41) is 2.99. The third-order valence-corrected chi connectivity index (χ3v) is 5.67. The van der Waals surface area contributed by atoms with Crippen LogP contribution in [0.2, 0.25) is 0 Å². The molecule has 6 heteroatoms. The number of aryl methyl sites for hydroxylation is 2. The number of carbonyl (C=O) groups is 1. The molecule has 3 aromatic carbocycles. The average Bonchev–Trinajstić information content (AvgIpc) is 3.50. The van der Waals surface area contributed by atoms with Crippen LogP contribution in [0.4, 0.5) is 0 Å². The Bertz CT molecular complexity index is 1280. The van der Waals surface area contributed by atoms with E-state index in [1.165, 1.54) is 0 Å². The predicted octanol–water partition coefficient (Wildman–Crippen LogP) is 5.57. The lowest BCUT2D eigenvalue weighted by Gasteiger charge is -2.03. The zero-order valence-corrected chi connectivity index (χ0v) is 18.8. The molecule has 5 aromatic rings. The van der Waals surface area contributed by atoms with Gasteiger partial charge in [-0.15, -0.1) is 0 Å². The Morgan fingerprint density at radius 3 is 2.29 bits per heavy atom. The summed E-state index contributed by atoms with van der Waals surface area (Å²) in [5.74, 6) is 2.23. The summed E-state index contributed by atoms with van der Waals surface area (Å²) in [4.78, 5) is 25.0. The van der Waals surface area contributed by atoms with Gasteiger partial charge in [0.1, 0.15) is 11.5 Å². The molecule has 0 radical (unpaired) electrons. The van der Waals surface area contributed by atoms with E-state index >= 15 is 0 Å². The van der Waals surface area contributed by atoms with Crippen LogP contribution in [0.15, 0.2) is 89.3 Å². The molecule has 0 fully saturated rings. The van der Waals surface area contributed by atoms with E-state index in [0.29, 0.717) is 25.3 Å². The van der Waals surface area contributed by atoms with Crippen molar-refractivity contribution in [3.63, 3.8) is 0 Å². The monoisotopic (exact) mass is 450 g/mol. The van der Waals surface area contributed by atoms with E-state index < -0.39 is 0 Å². The maximum Gasteiger partial charge on any atom is 0.220 e. The lowest BCUT2D eigenvalue weighted by atomic mass is 10.1.